The molecule has 0 atom stereocenters. The quantitative estimate of drug-likeness (QED) is 0.738. The highest BCUT2D eigenvalue weighted by Crippen LogP contribution is 2.31. The number of fused-ring (bicyclic) bond motifs is 1. The van der Waals surface area contributed by atoms with Crippen LogP contribution in [-0.4, -0.2) is 11.5 Å². The minimum absolute atomic E-state index is 0.804. The molecule has 3 nitrogen and oxygen atoms in total. The molecule has 20 heavy (non-hydrogen) atoms. The van der Waals surface area contributed by atoms with Gasteiger partial charge in [-0.1, -0.05) is 6.07 Å². The van der Waals surface area contributed by atoms with Crippen molar-refractivity contribution >= 4 is 33.5 Å². The molecule has 0 saturated heterocycles. The zero-order chi connectivity index (χ0) is 13.9. The molecule has 0 unspecified atom stereocenters. The monoisotopic (exact) mass is 283 g/mol. The van der Waals surface area contributed by atoms with Crippen LogP contribution in [0.1, 0.15) is 11.8 Å². The van der Waals surface area contributed by atoms with E-state index in [-0.39, 0.29) is 0 Å². The SMILES string of the molecule is CCN(Cc1cccs1)c1ccc(N)c2ccncc12. The van der Waals surface area contributed by atoms with Crippen LogP contribution in [0.4, 0.5) is 11.4 Å². The van der Waals surface area contributed by atoms with Gasteiger partial charge in [-0.3, -0.25) is 4.98 Å². The number of nitrogens with two attached hydrogens (primary N) is 1. The molecule has 0 radical (unpaired) electrons. The van der Waals surface area contributed by atoms with Gasteiger partial charge in [-0.25, -0.2) is 0 Å². The molecular weight excluding hydrogens is 266 g/mol. The average Bonchev–Trinajstić information content (AvgIpc) is 2.99. The van der Waals surface area contributed by atoms with E-state index in [0.717, 1.165) is 29.5 Å². The molecule has 2 heterocycles. The maximum atomic E-state index is 6.06. The molecule has 3 rings (SSSR count). The van der Waals surface area contributed by atoms with E-state index >= 15 is 0 Å². The van der Waals surface area contributed by atoms with Gasteiger partial charge >= 0.3 is 0 Å². The number of hydrogen-bond donors (Lipinski definition) is 1. The van der Waals surface area contributed by atoms with Gasteiger partial charge in [0.15, 0.2) is 0 Å². The van der Waals surface area contributed by atoms with Crippen molar-refractivity contribution in [3.05, 3.63) is 53.0 Å². The van der Waals surface area contributed by atoms with Crippen molar-refractivity contribution in [2.75, 3.05) is 17.2 Å². The summed E-state index contributed by atoms with van der Waals surface area (Å²) in [6.45, 7) is 4.04. The zero-order valence-electron chi connectivity index (χ0n) is 11.4. The highest BCUT2D eigenvalue weighted by Gasteiger charge is 2.11. The first-order valence-electron chi connectivity index (χ1n) is 6.69. The maximum Gasteiger partial charge on any atom is 0.0522 e. The van der Waals surface area contributed by atoms with E-state index in [1.807, 2.05) is 18.3 Å². The van der Waals surface area contributed by atoms with Crippen LogP contribution in [0, 0.1) is 0 Å². The van der Waals surface area contributed by atoms with Gasteiger partial charge in [-0.15, -0.1) is 11.3 Å². The molecule has 0 saturated carbocycles. The highest BCUT2D eigenvalue weighted by atomic mass is 32.1. The van der Waals surface area contributed by atoms with Crippen molar-refractivity contribution < 1.29 is 0 Å². The van der Waals surface area contributed by atoms with Crippen LogP contribution in [0.2, 0.25) is 0 Å². The number of anilines is 2. The molecule has 0 fully saturated rings. The van der Waals surface area contributed by atoms with E-state index in [2.05, 4.69) is 40.4 Å². The Kier molecular flexibility index (Phi) is 3.56. The Morgan fingerprint density at radius 3 is 2.85 bits per heavy atom. The third-order valence-electron chi connectivity index (χ3n) is 3.48. The van der Waals surface area contributed by atoms with Crippen molar-refractivity contribution in [1.82, 2.24) is 4.98 Å². The molecule has 102 valence electrons. The Balaban J connectivity index is 2.05. The summed E-state index contributed by atoms with van der Waals surface area (Å²) in [6.07, 6.45) is 3.69. The lowest BCUT2D eigenvalue weighted by Gasteiger charge is -2.24. The Hall–Kier alpha value is -2.07. The molecule has 0 bridgehead atoms. The topological polar surface area (TPSA) is 42.1 Å². The Morgan fingerprint density at radius 1 is 1.20 bits per heavy atom. The van der Waals surface area contributed by atoms with Crippen LogP contribution in [-0.2, 0) is 6.54 Å². The first-order valence-corrected chi connectivity index (χ1v) is 7.57. The summed E-state index contributed by atoms with van der Waals surface area (Å²) in [5.74, 6) is 0. The predicted molar refractivity (Wildman–Crippen MR) is 87.2 cm³/mol. The van der Waals surface area contributed by atoms with Gasteiger partial charge in [-0.05, 0) is 36.6 Å². The van der Waals surface area contributed by atoms with E-state index in [0.29, 0.717) is 0 Å². The number of pyridine rings is 1. The Morgan fingerprint density at radius 2 is 2.10 bits per heavy atom. The lowest BCUT2D eigenvalue weighted by Crippen LogP contribution is -2.21. The first-order chi connectivity index (χ1) is 9.79. The smallest absolute Gasteiger partial charge is 0.0522 e. The third-order valence-corrected chi connectivity index (χ3v) is 4.34. The van der Waals surface area contributed by atoms with Crippen molar-refractivity contribution in [1.29, 1.82) is 0 Å². The van der Waals surface area contributed by atoms with Gasteiger partial charge < -0.3 is 10.6 Å². The highest BCUT2D eigenvalue weighted by molar-refractivity contribution is 7.09. The summed E-state index contributed by atoms with van der Waals surface area (Å²) in [7, 11) is 0. The second kappa shape index (κ2) is 5.51. The second-order valence-corrected chi connectivity index (χ2v) is 5.72. The molecular formula is C16H17N3S. The lowest BCUT2D eigenvalue weighted by atomic mass is 10.1. The fourth-order valence-corrected chi connectivity index (χ4v) is 3.15. The number of nitrogens with zero attached hydrogens (tertiary/aromatic N) is 2. The molecule has 0 aliphatic rings. The molecule has 0 amide bonds. The third kappa shape index (κ3) is 2.34. The van der Waals surface area contributed by atoms with E-state index < -0.39 is 0 Å². The van der Waals surface area contributed by atoms with E-state index in [4.69, 9.17) is 5.73 Å². The number of nitrogen functional groups attached to an aromatic ring is 1. The summed E-state index contributed by atoms with van der Waals surface area (Å²) in [5, 5.41) is 4.30. The van der Waals surface area contributed by atoms with E-state index in [1.165, 1.54) is 10.6 Å². The van der Waals surface area contributed by atoms with Gasteiger partial charge in [0.05, 0.1) is 6.54 Å². The number of hydrogen-bond acceptors (Lipinski definition) is 4. The summed E-state index contributed by atoms with van der Waals surface area (Å²) < 4.78 is 0. The molecule has 0 spiro atoms. The van der Waals surface area contributed by atoms with Crippen molar-refractivity contribution in [2.24, 2.45) is 0 Å². The van der Waals surface area contributed by atoms with Crippen LogP contribution >= 0.6 is 11.3 Å². The van der Waals surface area contributed by atoms with Crippen molar-refractivity contribution in [3.63, 3.8) is 0 Å². The van der Waals surface area contributed by atoms with E-state index in [1.54, 1.807) is 17.5 Å². The first kappa shape index (κ1) is 12.9. The molecule has 2 aromatic heterocycles. The zero-order valence-corrected chi connectivity index (χ0v) is 12.2. The molecule has 0 aliphatic carbocycles. The lowest BCUT2D eigenvalue weighted by molar-refractivity contribution is 0.846. The second-order valence-electron chi connectivity index (χ2n) is 4.69. The Labute approximate surface area is 122 Å². The van der Waals surface area contributed by atoms with Gasteiger partial charge in [0.2, 0.25) is 0 Å². The van der Waals surface area contributed by atoms with Crippen molar-refractivity contribution in [2.45, 2.75) is 13.5 Å². The number of thiophene rings is 1. The fraction of sp³-hybridized carbons (Fsp3) is 0.188. The van der Waals surface area contributed by atoms with Crippen molar-refractivity contribution in [3.8, 4) is 0 Å². The average molecular weight is 283 g/mol. The van der Waals surface area contributed by atoms with Crippen LogP contribution in [0.5, 0.6) is 0 Å². The molecule has 3 aromatic rings. The van der Waals surface area contributed by atoms with Gasteiger partial charge in [-0.2, -0.15) is 0 Å². The molecule has 0 aliphatic heterocycles. The number of aromatic nitrogens is 1. The normalized spacial score (nSPS) is 10.8. The van der Waals surface area contributed by atoms with Crippen LogP contribution < -0.4 is 10.6 Å². The molecule has 1 aromatic carbocycles. The summed E-state index contributed by atoms with van der Waals surface area (Å²) in [5.41, 5.74) is 8.06. The van der Waals surface area contributed by atoms with E-state index in [9.17, 15) is 0 Å². The van der Waals surface area contributed by atoms with Gasteiger partial charge in [0.1, 0.15) is 0 Å². The summed E-state index contributed by atoms with van der Waals surface area (Å²) in [6, 6.07) is 10.3. The molecule has 2 N–H and O–H groups in total. The van der Waals surface area contributed by atoms with Gasteiger partial charge in [0.25, 0.3) is 0 Å². The summed E-state index contributed by atoms with van der Waals surface area (Å²) in [4.78, 5) is 7.97. The number of rotatable bonds is 4. The Bertz CT molecular complexity index is 707. The van der Waals surface area contributed by atoms with Gasteiger partial charge in [0, 0.05) is 46.0 Å². The molecule has 4 heteroatoms. The van der Waals surface area contributed by atoms with Crippen LogP contribution in [0.25, 0.3) is 10.8 Å². The number of benzene rings is 1. The predicted octanol–water partition coefficient (Wildman–Crippen LogP) is 3.91. The minimum atomic E-state index is 0.804. The van der Waals surface area contributed by atoms with Crippen LogP contribution in [0.15, 0.2) is 48.1 Å². The fourth-order valence-electron chi connectivity index (χ4n) is 2.43. The minimum Gasteiger partial charge on any atom is -0.398 e. The largest absolute Gasteiger partial charge is 0.398 e. The van der Waals surface area contributed by atoms with Crippen LogP contribution in [0.3, 0.4) is 0 Å². The maximum absolute atomic E-state index is 6.06. The standard InChI is InChI=1S/C16H17N3S/c1-2-19(11-12-4-3-9-20-12)16-6-5-15(17)13-7-8-18-10-14(13)16/h3-10H,2,11,17H2,1H3. The summed E-state index contributed by atoms with van der Waals surface area (Å²) >= 11 is 1.79.